The highest BCUT2D eigenvalue weighted by atomic mass is 35.5. The summed E-state index contributed by atoms with van der Waals surface area (Å²) in [5.41, 5.74) is 2.22. The summed E-state index contributed by atoms with van der Waals surface area (Å²) in [5, 5.41) is 5.51. The molecule has 0 saturated carbocycles. The fourth-order valence-corrected chi connectivity index (χ4v) is 3.16. The number of amides is 1. The lowest BCUT2D eigenvalue weighted by molar-refractivity contribution is 0.103. The van der Waals surface area contributed by atoms with Crippen molar-refractivity contribution in [2.45, 2.75) is 13.8 Å². The molecular formula is C23H19ClF2N2O3. The Hall–Kier alpha value is -3.45. The molecule has 31 heavy (non-hydrogen) atoms. The largest absolute Gasteiger partial charge is 0.450 e. The number of nitrogens with one attached hydrogen (secondary N) is 2. The number of hydrogen-bond acceptors (Lipinski definition) is 4. The van der Waals surface area contributed by atoms with Crippen molar-refractivity contribution in [1.82, 2.24) is 0 Å². The Balaban J connectivity index is 1.84. The van der Waals surface area contributed by atoms with Crippen LogP contribution in [-0.4, -0.2) is 18.5 Å². The van der Waals surface area contributed by atoms with Gasteiger partial charge < -0.3 is 10.1 Å². The summed E-state index contributed by atoms with van der Waals surface area (Å²) in [5.74, 6) is -1.77. The molecule has 5 nitrogen and oxygen atoms in total. The molecule has 3 rings (SSSR count). The number of carbonyl (C=O) groups is 2. The number of rotatable bonds is 6. The molecule has 0 aliphatic rings. The van der Waals surface area contributed by atoms with E-state index in [0.717, 1.165) is 12.1 Å². The lowest BCUT2D eigenvalue weighted by Crippen LogP contribution is -2.14. The van der Waals surface area contributed by atoms with Gasteiger partial charge in [0.05, 0.1) is 17.3 Å². The number of benzene rings is 3. The van der Waals surface area contributed by atoms with Crippen LogP contribution in [0.3, 0.4) is 0 Å². The number of ether oxygens (including phenoxy) is 1. The maximum absolute atomic E-state index is 13.9. The first kappa shape index (κ1) is 22.2. The molecule has 3 aromatic rings. The second kappa shape index (κ2) is 9.57. The first-order valence-corrected chi connectivity index (χ1v) is 9.77. The molecule has 0 heterocycles. The van der Waals surface area contributed by atoms with E-state index in [1.165, 1.54) is 18.2 Å². The smallest absolute Gasteiger partial charge is 0.411 e. The molecule has 0 aliphatic heterocycles. The van der Waals surface area contributed by atoms with Crippen LogP contribution >= 0.6 is 11.6 Å². The number of halogens is 3. The van der Waals surface area contributed by atoms with Crippen molar-refractivity contribution in [2.24, 2.45) is 0 Å². The Bertz CT molecular complexity index is 1150. The zero-order valence-electron chi connectivity index (χ0n) is 16.8. The van der Waals surface area contributed by atoms with Crippen LogP contribution in [0.4, 0.5) is 30.6 Å². The SMILES string of the molecule is CCOC(=O)Nc1ccc(C)c(C(=O)c2ccc(Nc3ccc(F)cc3F)cc2Cl)c1. The second-order valence-electron chi connectivity index (χ2n) is 6.65. The summed E-state index contributed by atoms with van der Waals surface area (Å²) in [7, 11) is 0. The van der Waals surface area contributed by atoms with E-state index in [1.807, 2.05) is 0 Å². The van der Waals surface area contributed by atoms with Crippen molar-refractivity contribution >= 4 is 40.5 Å². The molecular weight excluding hydrogens is 426 g/mol. The molecule has 0 saturated heterocycles. The van der Waals surface area contributed by atoms with Crippen molar-refractivity contribution in [3.05, 3.63) is 87.9 Å². The lowest BCUT2D eigenvalue weighted by atomic mass is 9.98. The second-order valence-corrected chi connectivity index (χ2v) is 7.06. The van der Waals surface area contributed by atoms with Gasteiger partial charge in [0.2, 0.25) is 0 Å². The summed E-state index contributed by atoms with van der Waals surface area (Å²) in [4.78, 5) is 24.7. The van der Waals surface area contributed by atoms with Gasteiger partial charge in [0.25, 0.3) is 0 Å². The minimum absolute atomic E-state index is 0.0742. The molecule has 0 radical (unpaired) electrons. The molecule has 160 valence electrons. The van der Waals surface area contributed by atoms with Crippen LogP contribution < -0.4 is 10.6 Å². The molecule has 8 heteroatoms. The van der Waals surface area contributed by atoms with E-state index >= 15 is 0 Å². The monoisotopic (exact) mass is 444 g/mol. The first-order chi connectivity index (χ1) is 14.8. The molecule has 0 fully saturated rings. The highest BCUT2D eigenvalue weighted by molar-refractivity contribution is 6.35. The van der Waals surface area contributed by atoms with E-state index in [0.29, 0.717) is 22.5 Å². The molecule has 3 aromatic carbocycles. The highest BCUT2D eigenvalue weighted by Gasteiger charge is 2.17. The van der Waals surface area contributed by atoms with Crippen molar-refractivity contribution in [2.75, 3.05) is 17.2 Å². The quantitative estimate of drug-likeness (QED) is 0.427. The van der Waals surface area contributed by atoms with Gasteiger partial charge in [-0.3, -0.25) is 10.1 Å². The van der Waals surface area contributed by atoms with Gasteiger partial charge in [0.15, 0.2) is 5.78 Å². The van der Waals surface area contributed by atoms with Crippen molar-refractivity contribution in [3.8, 4) is 0 Å². The maximum Gasteiger partial charge on any atom is 0.411 e. The van der Waals surface area contributed by atoms with E-state index in [1.54, 1.807) is 38.1 Å². The predicted molar refractivity (Wildman–Crippen MR) is 116 cm³/mol. The Morgan fingerprint density at radius 3 is 2.39 bits per heavy atom. The van der Waals surface area contributed by atoms with Crippen molar-refractivity contribution < 1.29 is 23.1 Å². The van der Waals surface area contributed by atoms with Crippen LogP contribution in [-0.2, 0) is 4.74 Å². The number of ketones is 1. The van der Waals surface area contributed by atoms with Crippen molar-refractivity contribution in [1.29, 1.82) is 0 Å². The van der Waals surface area contributed by atoms with Gasteiger partial charge in [-0.2, -0.15) is 0 Å². The average Bonchev–Trinajstić information content (AvgIpc) is 2.71. The minimum atomic E-state index is -0.752. The third-order valence-electron chi connectivity index (χ3n) is 4.43. The van der Waals surface area contributed by atoms with Crippen LogP contribution in [0.25, 0.3) is 0 Å². The molecule has 0 atom stereocenters. The summed E-state index contributed by atoms with van der Waals surface area (Å²) < 4.78 is 31.8. The Morgan fingerprint density at radius 1 is 0.968 bits per heavy atom. The van der Waals surface area contributed by atoms with E-state index in [4.69, 9.17) is 16.3 Å². The van der Waals surface area contributed by atoms with Gasteiger partial charge in [-0.05, 0) is 61.9 Å². The maximum atomic E-state index is 13.9. The topological polar surface area (TPSA) is 67.4 Å². The molecule has 0 aromatic heterocycles. The molecule has 1 amide bonds. The van der Waals surface area contributed by atoms with Gasteiger partial charge in [0.1, 0.15) is 11.6 Å². The van der Waals surface area contributed by atoms with E-state index in [9.17, 15) is 18.4 Å². The number of hydrogen-bond donors (Lipinski definition) is 2. The summed E-state index contributed by atoms with van der Waals surface area (Å²) >= 11 is 6.32. The number of carbonyl (C=O) groups excluding carboxylic acids is 2. The molecule has 0 unspecified atom stereocenters. The van der Waals surface area contributed by atoms with E-state index in [2.05, 4.69) is 10.6 Å². The lowest BCUT2D eigenvalue weighted by Gasteiger charge is -2.12. The van der Waals surface area contributed by atoms with Gasteiger partial charge in [-0.25, -0.2) is 13.6 Å². The Morgan fingerprint density at radius 2 is 1.71 bits per heavy atom. The number of aryl methyl sites for hydroxylation is 1. The molecule has 2 N–H and O–H groups in total. The van der Waals surface area contributed by atoms with Crippen LogP contribution in [0.5, 0.6) is 0 Å². The molecule has 0 bridgehead atoms. The van der Waals surface area contributed by atoms with Crippen LogP contribution in [0.15, 0.2) is 54.6 Å². The van der Waals surface area contributed by atoms with Gasteiger partial charge >= 0.3 is 6.09 Å². The highest BCUT2D eigenvalue weighted by Crippen LogP contribution is 2.28. The summed E-state index contributed by atoms with van der Waals surface area (Å²) in [6.45, 7) is 3.68. The van der Waals surface area contributed by atoms with Crippen LogP contribution in [0.2, 0.25) is 5.02 Å². The van der Waals surface area contributed by atoms with Crippen molar-refractivity contribution in [3.63, 3.8) is 0 Å². The summed E-state index contributed by atoms with van der Waals surface area (Å²) in [6, 6.07) is 12.6. The summed E-state index contributed by atoms with van der Waals surface area (Å²) in [6.07, 6.45) is -0.619. The standard InChI is InChI=1S/C23H19ClF2N2O3/c1-3-31-23(30)28-15-6-4-13(2)18(11-15)22(29)17-8-7-16(12-19(17)24)27-21-9-5-14(25)10-20(21)26/h4-12,27H,3H2,1-2H3,(H,28,30). The van der Waals surface area contributed by atoms with Crippen LogP contribution in [0, 0.1) is 18.6 Å². The fourth-order valence-electron chi connectivity index (χ4n) is 2.90. The van der Waals surface area contributed by atoms with E-state index in [-0.39, 0.29) is 28.7 Å². The Kier molecular flexibility index (Phi) is 6.87. The Labute approximate surface area is 183 Å². The number of anilines is 3. The van der Waals surface area contributed by atoms with E-state index < -0.39 is 17.7 Å². The van der Waals surface area contributed by atoms with Gasteiger partial charge in [-0.1, -0.05) is 17.7 Å². The predicted octanol–water partition coefficient (Wildman–Crippen LogP) is 6.47. The zero-order chi connectivity index (χ0) is 22.5. The van der Waals surface area contributed by atoms with Gasteiger partial charge in [0, 0.05) is 28.6 Å². The van der Waals surface area contributed by atoms with Crippen LogP contribution in [0.1, 0.15) is 28.4 Å². The third kappa shape index (κ3) is 5.38. The zero-order valence-corrected chi connectivity index (χ0v) is 17.5. The molecule has 0 spiro atoms. The minimum Gasteiger partial charge on any atom is -0.450 e. The molecule has 0 aliphatic carbocycles. The normalized spacial score (nSPS) is 10.5. The fraction of sp³-hybridized carbons (Fsp3) is 0.130. The average molecular weight is 445 g/mol. The van der Waals surface area contributed by atoms with Gasteiger partial charge in [-0.15, -0.1) is 0 Å². The third-order valence-corrected chi connectivity index (χ3v) is 4.74. The first-order valence-electron chi connectivity index (χ1n) is 9.39.